The molecule has 1 aromatic heterocycles. The molecule has 0 atom stereocenters. The Balaban J connectivity index is 1.76. The second kappa shape index (κ2) is 13.5. The highest BCUT2D eigenvalue weighted by Crippen LogP contribution is 2.29. The van der Waals surface area contributed by atoms with Gasteiger partial charge in [-0.05, 0) is 68.5 Å². The molecule has 0 spiro atoms. The number of amidine groups is 1. The van der Waals surface area contributed by atoms with Gasteiger partial charge in [0.25, 0.3) is 5.91 Å². The third kappa shape index (κ3) is 7.49. The molecule has 1 aromatic carbocycles. The maximum absolute atomic E-state index is 13.2. The molecule has 0 aliphatic carbocycles. The fourth-order valence-corrected chi connectivity index (χ4v) is 4.27. The summed E-state index contributed by atoms with van der Waals surface area (Å²) in [5.41, 5.74) is 15.9. The number of anilines is 1. The van der Waals surface area contributed by atoms with Crippen LogP contribution < -0.4 is 16.8 Å². The lowest BCUT2D eigenvalue weighted by Crippen LogP contribution is -2.34. The lowest BCUT2D eigenvalue weighted by Gasteiger charge is -2.22. The van der Waals surface area contributed by atoms with Gasteiger partial charge in [0, 0.05) is 42.4 Å². The van der Waals surface area contributed by atoms with E-state index in [1.807, 2.05) is 29.3 Å². The van der Waals surface area contributed by atoms with Crippen molar-refractivity contribution in [3.8, 4) is 0 Å². The fraction of sp³-hybridized carbons (Fsp3) is 0.429. The molecule has 3 rings (SSSR count). The minimum atomic E-state index is -0.254. The average molecular weight is 491 g/mol. The minimum absolute atomic E-state index is 0.0121. The summed E-state index contributed by atoms with van der Waals surface area (Å²) in [5.74, 6) is 0.0857. The quantitative estimate of drug-likeness (QED) is 0.379. The van der Waals surface area contributed by atoms with Gasteiger partial charge >= 0.3 is 0 Å². The van der Waals surface area contributed by atoms with Crippen LogP contribution in [-0.4, -0.2) is 47.2 Å². The summed E-state index contributed by atoms with van der Waals surface area (Å²) in [6.07, 6.45) is 11.4. The molecule has 1 aliphatic rings. The van der Waals surface area contributed by atoms with Gasteiger partial charge in [0.1, 0.15) is 5.84 Å². The molecule has 192 valence electrons. The van der Waals surface area contributed by atoms with E-state index in [1.54, 1.807) is 18.3 Å². The Bertz CT molecular complexity index is 1120. The van der Waals surface area contributed by atoms with Gasteiger partial charge < -0.3 is 21.7 Å². The van der Waals surface area contributed by atoms with Crippen molar-refractivity contribution < 1.29 is 9.59 Å². The molecular weight excluding hydrogens is 452 g/mol. The molecule has 1 aliphatic heterocycles. The molecule has 36 heavy (non-hydrogen) atoms. The molecular formula is C28H38N6O2. The molecule has 2 heterocycles. The zero-order chi connectivity index (χ0) is 25.9. The van der Waals surface area contributed by atoms with Gasteiger partial charge in [-0.15, -0.1) is 0 Å². The molecule has 0 unspecified atom stereocenters. The molecule has 0 radical (unpaired) electrons. The number of fused-ring (bicyclic) bond motifs is 1. The first-order valence-corrected chi connectivity index (χ1v) is 12.9. The number of pyridine rings is 1. The van der Waals surface area contributed by atoms with Gasteiger partial charge in [0.2, 0.25) is 5.91 Å². The van der Waals surface area contributed by atoms with Crippen molar-refractivity contribution in [1.82, 2.24) is 9.88 Å². The monoisotopic (exact) mass is 490 g/mol. The number of benzene rings is 1. The predicted octanol–water partition coefficient (Wildman–Crippen LogP) is 4.43. The van der Waals surface area contributed by atoms with E-state index in [4.69, 9.17) is 11.5 Å². The van der Waals surface area contributed by atoms with Crippen LogP contribution >= 0.6 is 0 Å². The lowest BCUT2D eigenvalue weighted by molar-refractivity contribution is -0.127. The third-order valence-corrected chi connectivity index (χ3v) is 6.03. The van der Waals surface area contributed by atoms with Crippen molar-refractivity contribution in [2.24, 2.45) is 16.5 Å². The van der Waals surface area contributed by atoms with Crippen LogP contribution in [0, 0.1) is 0 Å². The molecule has 8 heteroatoms. The van der Waals surface area contributed by atoms with Gasteiger partial charge in [0.15, 0.2) is 0 Å². The summed E-state index contributed by atoms with van der Waals surface area (Å²) in [7, 11) is 0. The number of aliphatic imine (C=N–C) groups is 1. The van der Waals surface area contributed by atoms with E-state index in [0.29, 0.717) is 48.0 Å². The van der Waals surface area contributed by atoms with Crippen LogP contribution in [0.15, 0.2) is 47.2 Å². The van der Waals surface area contributed by atoms with Crippen molar-refractivity contribution in [1.29, 1.82) is 0 Å². The van der Waals surface area contributed by atoms with E-state index < -0.39 is 0 Å². The van der Waals surface area contributed by atoms with E-state index in [9.17, 15) is 9.59 Å². The third-order valence-electron chi connectivity index (χ3n) is 6.03. The summed E-state index contributed by atoms with van der Waals surface area (Å²) in [4.78, 5) is 36.8. The van der Waals surface area contributed by atoms with Gasteiger partial charge in [-0.2, -0.15) is 0 Å². The lowest BCUT2D eigenvalue weighted by atomic mass is 10.0. The summed E-state index contributed by atoms with van der Waals surface area (Å²) in [5, 5.41) is 2.93. The number of hydrogen-bond acceptors (Lipinski definition) is 6. The SMILES string of the molecule is CCCN(CCC)C(=O)C1=Cc2ccc(C(=O)Nc3cncc(CCCCCN)c3)cc2N=C(N)C1. The number of amides is 2. The molecule has 0 saturated heterocycles. The molecule has 2 aromatic rings. The first kappa shape index (κ1) is 27.1. The number of nitrogens with two attached hydrogens (primary N) is 2. The van der Waals surface area contributed by atoms with Crippen molar-refractivity contribution in [2.75, 3.05) is 25.0 Å². The second-order valence-electron chi connectivity index (χ2n) is 9.15. The number of aryl methyl sites for hydroxylation is 1. The Labute approximate surface area is 213 Å². The standard InChI is InChI=1S/C28H38N6O2/c1-3-12-34(13-4-2)28(36)23-15-21-9-10-22(16-25(21)33-26(30)17-23)27(35)32-24-14-20(18-31-19-24)8-6-5-7-11-29/h9-10,14-16,18-19H,3-8,11-13,17,29H2,1-2H3,(H2,30,33)(H,32,35). The molecule has 0 bridgehead atoms. The average Bonchev–Trinajstić information content (AvgIpc) is 3.03. The Kier molecular flexibility index (Phi) is 10.2. The van der Waals surface area contributed by atoms with Crippen molar-refractivity contribution in [3.05, 3.63) is 58.9 Å². The number of aromatic nitrogens is 1. The number of unbranched alkanes of at least 4 members (excludes halogenated alkanes) is 2. The molecule has 0 fully saturated rings. The number of carbonyl (C=O) groups is 2. The number of nitrogens with one attached hydrogen (secondary N) is 1. The van der Waals surface area contributed by atoms with Crippen LogP contribution in [0.1, 0.15) is 73.9 Å². The van der Waals surface area contributed by atoms with Crippen molar-refractivity contribution in [2.45, 2.75) is 58.8 Å². The van der Waals surface area contributed by atoms with Gasteiger partial charge in [-0.1, -0.05) is 26.3 Å². The molecule has 8 nitrogen and oxygen atoms in total. The highest BCUT2D eigenvalue weighted by molar-refractivity contribution is 6.07. The number of rotatable bonds is 12. The Morgan fingerprint density at radius 3 is 2.56 bits per heavy atom. The van der Waals surface area contributed by atoms with Crippen LogP contribution in [0.5, 0.6) is 0 Å². The molecule has 2 amide bonds. The Morgan fingerprint density at radius 1 is 1.06 bits per heavy atom. The van der Waals surface area contributed by atoms with Crippen LogP contribution in [0.4, 0.5) is 11.4 Å². The first-order chi connectivity index (χ1) is 17.4. The normalized spacial score (nSPS) is 12.8. The van der Waals surface area contributed by atoms with E-state index in [0.717, 1.165) is 49.7 Å². The van der Waals surface area contributed by atoms with Crippen LogP contribution in [-0.2, 0) is 11.2 Å². The second-order valence-corrected chi connectivity index (χ2v) is 9.15. The summed E-state index contributed by atoms with van der Waals surface area (Å²) in [6, 6.07) is 7.22. The van der Waals surface area contributed by atoms with Crippen LogP contribution in [0.25, 0.3) is 6.08 Å². The maximum Gasteiger partial charge on any atom is 0.255 e. The van der Waals surface area contributed by atoms with Crippen LogP contribution in [0.3, 0.4) is 0 Å². The zero-order valence-electron chi connectivity index (χ0n) is 21.4. The topological polar surface area (TPSA) is 127 Å². The van der Waals surface area contributed by atoms with Crippen LogP contribution in [0.2, 0.25) is 0 Å². The zero-order valence-corrected chi connectivity index (χ0v) is 21.4. The summed E-state index contributed by atoms with van der Waals surface area (Å²) < 4.78 is 0. The number of hydrogen-bond donors (Lipinski definition) is 3. The largest absolute Gasteiger partial charge is 0.387 e. The minimum Gasteiger partial charge on any atom is -0.387 e. The smallest absolute Gasteiger partial charge is 0.255 e. The van der Waals surface area contributed by atoms with E-state index in [1.165, 1.54) is 0 Å². The summed E-state index contributed by atoms with van der Waals surface area (Å²) >= 11 is 0. The summed E-state index contributed by atoms with van der Waals surface area (Å²) in [6.45, 7) is 6.23. The molecule has 0 saturated carbocycles. The Hall–Kier alpha value is -3.52. The highest BCUT2D eigenvalue weighted by atomic mass is 16.2. The number of carbonyl (C=O) groups excluding carboxylic acids is 2. The first-order valence-electron chi connectivity index (χ1n) is 12.9. The van der Waals surface area contributed by atoms with Crippen molar-refractivity contribution in [3.63, 3.8) is 0 Å². The van der Waals surface area contributed by atoms with Gasteiger partial charge in [-0.25, -0.2) is 4.99 Å². The molecule has 5 N–H and O–H groups in total. The van der Waals surface area contributed by atoms with Crippen molar-refractivity contribution >= 4 is 35.1 Å². The fourth-order valence-electron chi connectivity index (χ4n) is 4.27. The van der Waals surface area contributed by atoms with E-state index in [-0.39, 0.29) is 18.2 Å². The van der Waals surface area contributed by atoms with Gasteiger partial charge in [0.05, 0.1) is 17.6 Å². The van der Waals surface area contributed by atoms with Gasteiger partial charge in [-0.3, -0.25) is 14.6 Å². The highest BCUT2D eigenvalue weighted by Gasteiger charge is 2.21. The van der Waals surface area contributed by atoms with E-state index >= 15 is 0 Å². The number of nitrogens with zero attached hydrogens (tertiary/aromatic N) is 3. The maximum atomic E-state index is 13.2. The predicted molar refractivity (Wildman–Crippen MR) is 146 cm³/mol. The Morgan fingerprint density at radius 2 is 1.83 bits per heavy atom. The van der Waals surface area contributed by atoms with E-state index in [2.05, 4.69) is 29.1 Å².